The van der Waals surface area contributed by atoms with Crippen molar-refractivity contribution in [3.63, 3.8) is 0 Å². The monoisotopic (exact) mass is 1020 g/mol. The Morgan fingerprint density at radius 1 is 0.944 bits per heavy atom. The highest BCUT2D eigenvalue weighted by molar-refractivity contribution is 7.90. The third-order valence-electron chi connectivity index (χ3n) is 16.5. The summed E-state index contributed by atoms with van der Waals surface area (Å²) in [6, 6.07) is 22.3. The lowest BCUT2D eigenvalue weighted by atomic mass is 9.59. The number of hydrogen-bond donors (Lipinski definition) is 4. The fraction of sp³-hybridized carbons (Fsp3) is 0.509. The minimum absolute atomic E-state index is 0. The smallest absolute Gasteiger partial charge is 0.293 e. The fourth-order valence-electron chi connectivity index (χ4n) is 12.3. The fourth-order valence-corrected chi connectivity index (χ4v) is 13.3. The van der Waals surface area contributed by atoms with Crippen molar-refractivity contribution < 1.29 is 37.5 Å². The number of H-pyrrole nitrogens is 1. The number of rotatable bonds is 11. The summed E-state index contributed by atoms with van der Waals surface area (Å²) in [7, 11) is -4.62. The van der Waals surface area contributed by atoms with Gasteiger partial charge in [-0.3, -0.25) is 19.8 Å². The second-order valence-electron chi connectivity index (χ2n) is 21.2. The molecular formula is C53H65ClN8O9S. The molecule has 2 aromatic heterocycles. The van der Waals surface area contributed by atoms with Gasteiger partial charge in [0.15, 0.2) is 0 Å². The number of ether oxygens (including phenoxy) is 3. The maximum Gasteiger partial charge on any atom is 0.293 e. The van der Waals surface area contributed by atoms with Gasteiger partial charge < -0.3 is 39.4 Å². The van der Waals surface area contributed by atoms with Crippen molar-refractivity contribution >= 4 is 67.8 Å². The molecule has 3 atom stereocenters. The number of aromatic nitrogens is 2. The minimum Gasteiger partial charge on any atom is -0.468 e. The van der Waals surface area contributed by atoms with Gasteiger partial charge in [0, 0.05) is 68.8 Å². The molecule has 19 heteroatoms. The number of carbonyl (C=O) groups is 1. The zero-order valence-electron chi connectivity index (χ0n) is 40.9. The van der Waals surface area contributed by atoms with Crippen LogP contribution >= 0.6 is 12.4 Å². The molecule has 1 spiro atoms. The first-order valence-electron chi connectivity index (χ1n) is 25.3. The first-order valence-corrected chi connectivity index (χ1v) is 26.8. The highest BCUT2D eigenvalue weighted by atomic mass is 35.5. The Labute approximate surface area is 426 Å². The number of fused-ring (bicyclic) bond motifs is 3. The maximum absolute atomic E-state index is 14.7. The van der Waals surface area contributed by atoms with E-state index in [-0.39, 0.29) is 47.1 Å². The molecule has 4 aliphatic heterocycles. The van der Waals surface area contributed by atoms with Crippen LogP contribution in [0.25, 0.3) is 11.0 Å². The Kier molecular flexibility index (Phi) is 14.0. The SMILES string of the molecule is Cc1ccccc1[C@@H]1COCCCN1C1CC2(CCN(c3ccc(C(=O)NS(=O)(=O)c4ccc(NCC5CCC(C)(O)CC5)c([N+](=O)[O-])c4)c(N4c5cc6cc[nH]c6nc5O[C@H]5COCC[C@@H]54)c3)CC2)C1.Cl. The molecule has 4 N–H and O–H groups in total. The van der Waals surface area contributed by atoms with Gasteiger partial charge in [-0.15, -0.1) is 12.4 Å². The predicted octanol–water partition coefficient (Wildman–Crippen LogP) is 8.57. The number of amides is 1. The van der Waals surface area contributed by atoms with Gasteiger partial charge in [-0.05, 0) is 143 Å². The standard InChI is InChI=1S/C53H64N8O9S.ClH/c1-34-6-3-4-7-40(34)47-32-68-24-5-21-59(47)38-29-53(30-38)18-22-58(23-19-53)37-8-10-41(44(27-37)60-43-15-25-69-33-48(43)70-51-46(60)26-36-14-20-54-49(36)56-51)50(62)57-71(66,67)39-9-11-42(45(28-39)61(64)65)55-31-35-12-16-52(2,63)17-13-35;/h3-4,6-11,14,20,26-28,35,38,43,47-48,55,63H,5,12-13,15-19,21-25,29-33H2,1-2H3,(H,54,56)(H,57,62);1H/t35?,43-,47-,48-,52?;/m0./s1. The third-order valence-corrected chi connectivity index (χ3v) is 17.8. The molecule has 2 saturated carbocycles. The average Bonchev–Trinajstić information content (AvgIpc) is 3.68. The van der Waals surface area contributed by atoms with Crippen molar-refractivity contribution in [2.75, 3.05) is 67.7 Å². The van der Waals surface area contributed by atoms with Crippen LogP contribution in [-0.4, -0.2) is 116 Å². The second kappa shape index (κ2) is 20.1. The van der Waals surface area contributed by atoms with E-state index >= 15 is 0 Å². The van der Waals surface area contributed by atoms with Crippen molar-refractivity contribution in [1.29, 1.82) is 0 Å². The number of benzene rings is 3. The number of halogens is 1. The van der Waals surface area contributed by atoms with E-state index in [9.17, 15) is 28.4 Å². The van der Waals surface area contributed by atoms with Gasteiger partial charge in [0.25, 0.3) is 21.6 Å². The third kappa shape index (κ3) is 9.85. The van der Waals surface area contributed by atoms with E-state index in [4.69, 9.17) is 19.2 Å². The molecule has 3 aromatic carbocycles. The quantitative estimate of drug-likeness (QED) is 0.0723. The Bertz CT molecular complexity index is 2930. The molecule has 2 aliphatic carbocycles. The van der Waals surface area contributed by atoms with Crippen molar-refractivity contribution in [1.82, 2.24) is 19.6 Å². The van der Waals surface area contributed by atoms with Crippen molar-refractivity contribution in [2.24, 2.45) is 11.3 Å². The zero-order valence-corrected chi connectivity index (χ0v) is 42.5. The summed E-state index contributed by atoms with van der Waals surface area (Å²) in [4.78, 5) is 41.2. The van der Waals surface area contributed by atoms with Crippen LogP contribution in [0.2, 0.25) is 0 Å². The van der Waals surface area contributed by atoms with Gasteiger partial charge >= 0.3 is 0 Å². The summed E-state index contributed by atoms with van der Waals surface area (Å²) in [5.41, 5.74) is 4.76. The van der Waals surface area contributed by atoms with Crippen LogP contribution in [0.1, 0.15) is 98.7 Å². The van der Waals surface area contributed by atoms with Crippen LogP contribution in [-0.2, 0) is 19.5 Å². The molecule has 5 aromatic rings. The normalized spacial score (nSPS) is 25.5. The molecule has 5 fully saturated rings. The summed E-state index contributed by atoms with van der Waals surface area (Å²) in [6.07, 6.45) is 10.1. The Morgan fingerprint density at radius 3 is 2.50 bits per heavy atom. The number of aliphatic hydroxyl groups is 1. The number of nitro groups is 1. The highest BCUT2D eigenvalue weighted by Crippen LogP contribution is 2.54. The number of anilines is 4. The first kappa shape index (κ1) is 50.1. The van der Waals surface area contributed by atoms with E-state index in [1.807, 2.05) is 37.4 Å². The van der Waals surface area contributed by atoms with Crippen LogP contribution in [0, 0.1) is 28.4 Å². The van der Waals surface area contributed by atoms with Gasteiger partial charge in [-0.1, -0.05) is 24.3 Å². The summed E-state index contributed by atoms with van der Waals surface area (Å²) in [5.74, 6) is -0.311. The number of carbonyl (C=O) groups excluding carboxylic acids is 1. The number of piperidine rings is 1. The van der Waals surface area contributed by atoms with E-state index in [2.05, 4.69) is 60.9 Å². The van der Waals surface area contributed by atoms with E-state index < -0.39 is 43.1 Å². The van der Waals surface area contributed by atoms with Crippen LogP contribution in [0.4, 0.5) is 28.4 Å². The molecule has 384 valence electrons. The number of hydrogen-bond acceptors (Lipinski definition) is 14. The number of nitro benzene ring substituents is 1. The van der Waals surface area contributed by atoms with Crippen LogP contribution in [0.15, 0.2) is 83.9 Å². The summed E-state index contributed by atoms with van der Waals surface area (Å²) < 4.78 is 49.2. The highest BCUT2D eigenvalue weighted by Gasteiger charge is 2.50. The molecular weight excluding hydrogens is 960 g/mol. The molecule has 3 saturated heterocycles. The lowest BCUT2D eigenvalue weighted by molar-refractivity contribution is -0.384. The number of nitrogens with zero attached hydrogens (tertiary/aromatic N) is 5. The van der Waals surface area contributed by atoms with Gasteiger partial charge in [0.2, 0.25) is 5.88 Å². The average molecular weight is 1030 g/mol. The lowest BCUT2D eigenvalue weighted by Gasteiger charge is -2.56. The molecule has 11 rings (SSSR count). The number of aryl methyl sites for hydroxylation is 1. The zero-order chi connectivity index (χ0) is 49.1. The molecule has 1 amide bonds. The number of pyridine rings is 1. The molecule has 72 heavy (non-hydrogen) atoms. The number of nitrogens with one attached hydrogen (secondary N) is 3. The van der Waals surface area contributed by atoms with Crippen LogP contribution in [0.3, 0.4) is 0 Å². The Morgan fingerprint density at radius 2 is 1.72 bits per heavy atom. The van der Waals surface area contributed by atoms with E-state index in [0.717, 1.165) is 88.3 Å². The van der Waals surface area contributed by atoms with Crippen LogP contribution in [0.5, 0.6) is 5.88 Å². The summed E-state index contributed by atoms with van der Waals surface area (Å²) in [6.45, 7) is 9.39. The molecule has 0 unspecified atom stereocenters. The van der Waals surface area contributed by atoms with Crippen LogP contribution < -0.4 is 24.6 Å². The Hall–Kier alpha value is -5.50. The summed E-state index contributed by atoms with van der Waals surface area (Å²) >= 11 is 0. The molecule has 0 radical (unpaired) electrons. The molecule has 0 bridgehead atoms. The largest absolute Gasteiger partial charge is 0.468 e. The minimum atomic E-state index is -4.62. The Balaban J connectivity index is 0.00000596. The van der Waals surface area contributed by atoms with E-state index in [1.54, 1.807) is 6.07 Å². The van der Waals surface area contributed by atoms with Gasteiger partial charge in [-0.25, -0.2) is 13.1 Å². The molecule has 6 heterocycles. The van der Waals surface area contributed by atoms with Crippen molar-refractivity contribution in [3.8, 4) is 5.88 Å². The first-order chi connectivity index (χ1) is 34.2. The van der Waals surface area contributed by atoms with Gasteiger partial charge in [0.1, 0.15) is 23.1 Å². The number of aromatic amines is 1. The summed E-state index contributed by atoms with van der Waals surface area (Å²) in [5, 5.41) is 26.7. The maximum atomic E-state index is 14.7. The molecule has 17 nitrogen and oxygen atoms in total. The van der Waals surface area contributed by atoms with Gasteiger partial charge in [-0.2, -0.15) is 4.98 Å². The topological polar surface area (TPSA) is 205 Å². The predicted molar refractivity (Wildman–Crippen MR) is 277 cm³/mol. The van der Waals surface area contributed by atoms with Gasteiger partial charge in [0.05, 0.1) is 52.0 Å². The lowest BCUT2D eigenvalue weighted by Crippen LogP contribution is -2.56. The van der Waals surface area contributed by atoms with E-state index in [1.165, 1.54) is 23.3 Å². The second-order valence-corrected chi connectivity index (χ2v) is 22.8. The van der Waals surface area contributed by atoms with Crippen molar-refractivity contribution in [3.05, 3.63) is 106 Å². The number of sulfonamides is 1. The van der Waals surface area contributed by atoms with E-state index in [0.29, 0.717) is 74.6 Å². The van der Waals surface area contributed by atoms with Crippen molar-refractivity contribution in [2.45, 2.75) is 113 Å². The molecule has 6 aliphatic rings.